The van der Waals surface area contributed by atoms with Gasteiger partial charge in [0.15, 0.2) is 0 Å². The van der Waals surface area contributed by atoms with Crippen LogP contribution in [0.3, 0.4) is 0 Å². The van der Waals surface area contributed by atoms with Crippen molar-refractivity contribution in [3.8, 4) is 0 Å². The maximum absolute atomic E-state index is 11.5. The van der Waals surface area contributed by atoms with Gasteiger partial charge < -0.3 is 20.2 Å². The normalized spacial score (nSPS) is 11.8. The Balaban J connectivity index is 1.79. The molecule has 0 bridgehead atoms. The molecule has 0 saturated carbocycles. The fourth-order valence-corrected chi connectivity index (χ4v) is 1.38. The molecule has 18 heavy (non-hydrogen) atoms. The van der Waals surface area contributed by atoms with Crippen LogP contribution < -0.4 is 10.6 Å². The molecular formula is C12H13N3O3. The van der Waals surface area contributed by atoms with E-state index in [-0.39, 0.29) is 6.54 Å². The molecule has 0 aromatic carbocycles. The van der Waals surface area contributed by atoms with Gasteiger partial charge in [0.05, 0.1) is 12.8 Å². The monoisotopic (exact) mass is 247 g/mol. The number of nitrogens with zero attached hydrogens (tertiary/aromatic N) is 1. The maximum atomic E-state index is 11.5. The molecule has 6 heteroatoms. The number of nitrogens with one attached hydrogen (secondary N) is 2. The minimum absolute atomic E-state index is 0.0738. The second kappa shape index (κ2) is 5.83. The summed E-state index contributed by atoms with van der Waals surface area (Å²) in [5, 5.41) is 14.8. The first-order valence-electron chi connectivity index (χ1n) is 5.42. The topological polar surface area (TPSA) is 87.4 Å². The first-order chi connectivity index (χ1) is 8.75. The number of hydrogen-bond acceptors (Lipinski definition) is 4. The molecule has 0 radical (unpaired) electrons. The van der Waals surface area contributed by atoms with E-state index in [2.05, 4.69) is 15.6 Å². The second-order valence-electron chi connectivity index (χ2n) is 3.60. The molecule has 2 heterocycles. The minimum atomic E-state index is -0.858. The van der Waals surface area contributed by atoms with E-state index in [9.17, 15) is 9.90 Å². The fraction of sp³-hybridized carbons (Fsp3) is 0.167. The van der Waals surface area contributed by atoms with E-state index in [1.807, 2.05) is 0 Å². The largest absolute Gasteiger partial charge is 0.467 e. The van der Waals surface area contributed by atoms with Crippen molar-refractivity contribution in [3.63, 3.8) is 0 Å². The standard InChI is InChI=1S/C12H13N3O3/c16-10(11-2-1-7-18-11)8-14-12(17)15-9-3-5-13-6-4-9/h1-7,10,16H,8H2,(H2,13,14,15,17). The van der Waals surface area contributed by atoms with Crippen LogP contribution in [0.25, 0.3) is 0 Å². The van der Waals surface area contributed by atoms with Crippen molar-refractivity contribution in [2.75, 3.05) is 11.9 Å². The number of aromatic nitrogens is 1. The highest BCUT2D eigenvalue weighted by Gasteiger charge is 2.11. The predicted octanol–water partition coefficient (Wildman–Crippen LogP) is 1.53. The molecule has 0 fully saturated rings. The number of amides is 2. The number of furan rings is 1. The Morgan fingerprint density at radius 1 is 1.39 bits per heavy atom. The molecule has 2 aromatic rings. The molecule has 2 rings (SSSR count). The first-order valence-corrected chi connectivity index (χ1v) is 5.42. The van der Waals surface area contributed by atoms with Crippen LogP contribution in [-0.4, -0.2) is 22.7 Å². The van der Waals surface area contributed by atoms with Crippen LogP contribution >= 0.6 is 0 Å². The molecule has 94 valence electrons. The van der Waals surface area contributed by atoms with Gasteiger partial charge in [-0.25, -0.2) is 4.79 Å². The Hall–Kier alpha value is -2.34. The fourth-order valence-electron chi connectivity index (χ4n) is 1.38. The number of pyridine rings is 1. The SMILES string of the molecule is O=C(NCC(O)c1ccco1)Nc1ccncc1. The van der Waals surface area contributed by atoms with E-state index in [0.29, 0.717) is 11.4 Å². The third-order valence-electron chi connectivity index (χ3n) is 2.27. The summed E-state index contributed by atoms with van der Waals surface area (Å²) in [6, 6.07) is 6.26. The van der Waals surface area contributed by atoms with E-state index >= 15 is 0 Å². The number of rotatable bonds is 4. The molecule has 2 amide bonds. The van der Waals surface area contributed by atoms with Crippen molar-refractivity contribution < 1.29 is 14.3 Å². The summed E-state index contributed by atoms with van der Waals surface area (Å²) in [4.78, 5) is 15.3. The van der Waals surface area contributed by atoms with E-state index in [1.165, 1.54) is 6.26 Å². The minimum Gasteiger partial charge on any atom is -0.467 e. The molecule has 0 saturated heterocycles. The van der Waals surface area contributed by atoms with Crippen LogP contribution in [0, 0.1) is 0 Å². The summed E-state index contributed by atoms with van der Waals surface area (Å²) >= 11 is 0. The van der Waals surface area contributed by atoms with Crippen LogP contribution in [0.5, 0.6) is 0 Å². The molecule has 2 aromatic heterocycles. The zero-order valence-corrected chi connectivity index (χ0v) is 9.54. The number of urea groups is 1. The lowest BCUT2D eigenvalue weighted by Crippen LogP contribution is -2.32. The predicted molar refractivity (Wildman–Crippen MR) is 64.9 cm³/mol. The first kappa shape index (κ1) is 12.1. The molecule has 1 atom stereocenters. The molecule has 1 unspecified atom stereocenters. The van der Waals surface area contributed by atoms with Crippen molar-refractivity contribution in [3.05, 3.63) is 48.7 Å². The highest BCUT2D eigenvalue weighted by Crippen LogP contribution is 2.11. The summed E-state index contributed by atoms with van der Waals surface area (Å²) in [5.74, 6) is 0.416. The molecule has 0 aliphatic heterocycles. The highest BCUT2D eigenvalue weighted by atomic mass is 16.4. The Labute approximate surface area is 104 Å². The maximum Gasteiger partial charge on any atom is 0.319 e. The number of carbonyl (C=O) groups is 1. The average Bonchev–Trinajstić information content (AvgIpc) is 2.91. The van der Waals surface area contributed by atoms with Gasteiger partial charge in [-0.2, -0.15) is 0 Å². The van der Waals surface area contributed by atoms with Gasteiger partial charge >= 0.3 is 6.03 Å². The smallest absolute Gasteiger partial charge is 0.319 e. The zero-order valence-electron chi connectivity index (χ0n) is 9.54. The van der Waals surface area contributed by atoms with Crippen LogP contribution in [0.15, 0.2) is 47.3 Å². The lowest BCUT2D eigenvalue weighted by Gasteiger charge is -2.10. The number of hydrogen-bond donors (Lipinski definition) is 3. The summed E-state index contributed by atoms with van der Waals surface area (Å²) in [6.07, 6.45) is 3.76. The lowest BCUT2D eigenvalue weighted by atomic mass is 10.3. The van der Waals surface area contributed by atoms with Crippen molar-refractivity contribution in [1.82, 2.24) is 10.3 Å². The van der Waals surface area contributed by atoms with E-state index < -0.39 is 12.1 Å². The lowest BCUT2D eigenvalue weighted by molar-refractivity contribution is 0.149. The molecule has 0 aliphatic carbocycles. The molecule has 0 aliphatic rings. The van der Waals surface area contributed by atoms with Crippen LogP contribution in [0.4, 0.5) is 10.5 Å². The van der Waals surface area contributed by atoms with Crippen molar-refractivity contribution in [2.45, 2.75) is 6.10 Å². The number of aliphatic hydroxyl groups excluding tert-OH is 1. The van der Waals surface area contributed by atoms with Gasteiger partial charge in [-0.05, 0) is 24.3 Å². The van der Waals surface area contributed by atoms with Crippen LogP contribution in [0.2, 0.25) is 0 Å². The van der Waals surface area contributed by atoms with Gasteiger partial charge in [-0.15, -0.1) is 0 Å². The Morgan fingerprint density at radius 2 is 2.17 bits per heavy atom. The number of aliphatic hydroxyl groups is 1. The summed E-state index contributed by atoms with van der Waals surface area (Å²) in [7, 11) is 0. The van der Waals surface area contributed by atoms with Gasteiger partial charge in [0, 0.05) is 18.1 Å². The van der Waals surface area contributed by atoms with Crippen molar-refractivity contribution in [1.29, 1.82) is 0 Å². The van der Waals surface area contributed by atoms with Crippen molar-refractivity contribution in [2.24, 2.45) is 0 Å². The summed E-state index contributed by atoms with van der Waals surface area (Å²) in [5.41, 5.74) is 0.634. The Kier molecular flexibility index (Phi) is 3.93. The van der Waals surface area contributed by atoms with Gasteiger partial charge in [-0.3, -0.25) is 4.98 Å². The second-order valence-corrected chi connectivity index (χ2v) is 3.60. The molecule has 3 N–H and O–H groups in total. The van der Waals surface area contributed by atoms with Crippen LogP contribution in [0.1, 0.15) is 11.9 Å². The van der Waals surface area contributed by atoms with Crippen molar-refractivity contribution >= 4 is 11.7 Å². The summed E-state index contributed by atoms with van der Waals surface area (Å²) in [6.45, 7) is 0.0738. The van der Waals surface area contributed by atoms with E-state index in [4.69, 9.17) is 4.42 Å². The van der Waals surface area contributed by atoms with Gasteiger partial charge in [0.25, 0.3) is 0 Å². The number of carbonyl (C=O) groups excluding carboxylic acids is 1. The van der Waals surface area contributed by atoms with E-state index in [0.717, 1.165) is 0 Å². The Bertz CT molecular complexity index is 485. The molecule has 0 spiro atoms. The highest BCUT2D eigenvalue weighted by molar-refractivity contribution is 5.89. The zero-order chi connectivity index (χ0) is 12.8. The summed E-state index contributed by atoms with van der Waals surface area (Å²) < 4.78 is 5.02. The molecular weight excluding hydrogens is 234 g/mol. The van der Waals surface area contributed by atoms with Gasteiger partial charge in [0.2, 0.25) is 0 Å². The average molecular weight is 247 g/mol. The third kappa shape index (κ3) is 3.33. The van der Waals surface area contributed by atoms with Crippen LogP contribution in [-0.2, 0) is 0 Å². The Morgan fingerprint density at radius 3 is 2.83 bits per heavy atom. The van der Waals surface area contributed by atoms with Gasteiger partial charge in [0.1, 0.15) is 11.9 Å². The van der Waals surface area contributed by atoms with E-state index in [1.54, 1.807) is 36.7 Å². The third-order valence-corrected chi connectivity index (χ3v) is 2.27. The quantitative estimate of drug-likeness (QED) is 0.764. The number of anilines is 1. The van der Waals surface area contributed by atoms with Gasteiger partial charge in [-0.1, -0.05) is 0 Å². The molecule has 6 nitrogen and oxygen atoms in total.